The second-order valence-electron chi connectivity index (χ2n) is 4.44. The molecule has 0 N–H and O–H groups in total. The number of halogens is 1. The lowest BCUT2D eigenvalue weighted by atomic mass is 10.1. The van der Waals surface area contributed by atoms with Crippen molar-refractivity contribution in [2.24, 2.45) is 0 Å². The number of carbonyl (C=O) groups is 1. The minimum absolute atomic E-state index is 0.0636. The van der Waals surface area contributed by atoms with E-state index in [9.17, 15) is 9.18 Å². The number of rotatable bonds is 5. The van der Waals surface area contributed by atoms with E-state index in [1.165, 1.54) is 12.1 Å². The van der Waals surface area contributed by atoms with Crippen LogP contribution in [0.3, 0.4) is 0 Å². The van der Waals surface area contributed by atoms with E-state index in [-0.39, 0.29) is 23.9 Å². The van der Waals surface area contributed by atoms with Gasteiger partial charge in [-0.25, -0.2) is 4.39 Å². The first-order valence-corrected chi connectivity index (χ1v) is 6.21. The fraction of sp³-hybridized carbons (Fsp3) is 0.357. The van der Waals surface area contributed by atoms with Crippen molar-refractivity contribution < 1.29 is 13.7 Å². The zero-order valence-electron chi connectivity index (χ0n) is 10.9. The van der Waals surface area contributed by atoms with Gasteiger partial charge in [-0.2, -0.15) is 4.98 Å². The summed E-state index contributed by atoms with van der Waals surface area (Å²) in [6, 6.07) is 4.39. The third-order valence-electron chi connectivity index (χ3n) is 2.79. The number of aromatic nitrogens is 2. The molecule has 1 aromatic carbocycles. The molecule has 100 valence electrons. The molecule has 1 aromatic heterocycles. The number of hydrogen-bond acceptors (Lipinski definition) is 4. The van der Waals surface area contributed by atoms with Crippen LogP contribution in [-0.2, 0) is 11.2 Å². The summed E-state index contributed by atoms with van der Waals surface area (Å²) in [5.41, 5.74) is 1.44. The average Bonchev–Trinajstić information content (AvgIpc) is 2.81. The number of nitrogens with zero attached hydrogens (tertiary/aromatic N) is 2. The smallest absolute Gasteiger partial charge is 0.234 e. The standard InChI is InChI=1S/C14H15FN2O2/c1-3-4-11(18)8-13-16-14(17-19-13)12-7-10(15)6-5-9(12)2/h5-7H,3-4,8H2,1-2H3. The van der Waals surface area contributed by atoms with Crippen molar-refractivity contribution >= 4 is 5.78 Å². The van der Waals surface area contributed by atoms with E-state index in [1.54, 1.807) is 6.07 Å². The molecular formula is C14H15FN2O2. The van der Waals surface area contributed by atoms with Crippen molar-refractivity contribution in [2.75, 3.05) is 0 Å². The van der Waals surface area contributed by atoms with E-state index in [4.69, 9.17) is 4.52 Å². The second kappa shape index (κ2) is 5.73. The Labute approximate surface area is 110 Å². The molecule has 0 atom stereocenters. The summed E-state index contributed by atoms with van der Waals surface area (Å²) in [5, 5.41) is 3.80. The number of carbonyl (C=O) groups excluding carboxylic acids is 1. The molecule has 0 fully saturated rings. The monoisotopic (exact) mass is 262 g/mol. The lowest BCUT2D eigenvalue weighted by Crippen LogP contribution is -2.01. The van der Waals surface area contributed by atoms with Gasteiger partial charge in [-0.1, -0.05) is 18.1 Å². The third kappa shape index (κ3) is 3.24. The molecule has 19 heavy (non-hydrogen) atoms. The topological polar surface area (TPSA) is 56.0 Å². The quantitative estimate of drug-likeness (QED) is 0.830. The maximum absolute atomic E-state index is 13.2. The number of hydrogen-bond donors (Lipinski definition) is 0. The molecule has 2 rings (SSSR count). The fourth-order valence-electron chi connectivity index (χ4n) is 1.81. The lowest BCUT2D eigenvalue weighted by Gasteiger charge is -1.99. The lowest BCUT2D eigenvalue weighted by molar-refractivity contribution is -0.118. The van der Waals surface area contributed by atoms with Crippen LogP contribution < -0.4 is 0 Å². The van der Waals surface area contributed by atoms with Gasteiger partial charge < -0.3 is 4.52 Å². The Bertz CT molecular complexity index is 593. The summed E-state index contributed by atoms with van der Waals surface area (Å²) < 4.78 is 18.2. The van der Waals surface area contributed by atoms with E-state index in [1.807, 2.05) is 13.8 Å². The van der Waals surface area contributed by atoms with Gasteiger partial charge >= 0.3 is 0 Å². The highest BCUT2D eigenvalue weighted by Gasteiger charge is 2.14. The summed E-state index contributed by atoms with van der Waals surface area (Å²) in [7, 11) is 0. The Hall–Kier alpha value is -2.04. The Kier molecular flexibility index (Phi) is 4.04. The summed E-state index contributed by atoms with van der Waals surface area (Å²) >= 11 is 0. The molecule has 0 saturated carbocycles. The molecule has 0 aliphatic rings. The SMILES string of the molecule is CCCC(=O)Cc1nc(-c2cc(F)ccc2C)no1. The van der Waals surface area contributed by atoms with Gasteiger partial charge in [0.1, 0.15) is 11.6 Å². The number of aryl methyl sites for hydroxylation is 1. The van der Waals surface area contributed by atoms with Gasteiger partial charge in [0.2, 0.25) is 11.7 Å². The number of ketones is 1. The van der Waals surface area contributed by atoms with Crippen molar-refractivity contribution in [1.29, 1.82) is 0 Å². The van der Waals surface area contributed by atoms with Gasteiger partial charge in [-0.15, -0.1) is 0 Å². The minimum Gasteiger partial charge on any atom is -0.339 e. The van der Waals surface area contributed by atoms with Crippen molar-refractivity contribution in [3.63, 3.8) is 0 Å². The van der Waals surface area contributed by atoms with E-state index >= 15 is 0 Å². The maximum Gasteiger partial charge on any atom is 0.234 e. The fourth-order valence-corrected chi connectivity index (χ4v) is 1.81. The molecular weight excluding hydrogens is 247 g/mol. The van der Waals surface area contributed by atoms with Gasteiger partial charge in [-0.3, -0.25) is 4.79 Å². The van der Waals surface area contributed by atoms with E-state index in [0.717, 1.165) is 12.0 Å². The molecule has 0 amide bonds. The zero-order valence-corrected chi connectivity index (χ0v) is 10.9. The Balaban J connectivity index is 2.21. The molecule has 1 heterocycles. The first-order valence-electron chi connectivity index (χ1n) is 6.21. The molecule has 0 saturated heterocycles. The molecule has 0 unspecified atom stereocenters. The predicted octanol–water partition coefficient (Wildman–Crippen LogP) is 3.10. The highest BCUT2D eigenvalue weighted by atomic mass is 19.1. The van der Waals surface area contributed by atoms with E-state index < -0.39 is 0 Å². The van der Waals surface area contributed by atoms with Crippen molar-refractivity contribution in [1.82, 2.24) is 10.1 Å². The van der Waals surface area contributed by atoms with Crippen molar-refractivity contribution in [3.05, 3.63) is 35.5 Å². The van der Waals surface area contributed by atoms with Crippen LogP contribution in [0.5, 0.6) is 0 Å². The second-order valence-corrected chi connectivity index (χ2v) is 4.44. The maximum atomic E-state index is 13.2. The van der Waals surface area contributed by atoms with Gasteiger partial charge in [0.05, 0.1) is 6.42 Å². The van der Waals surface area contributed by atoms with Crippen LogP contribution in [0.2, 0.25) is 0 Å². The number of benzene rings is 1. The average molecular weight is 262 g/mol. The van der Waals surface area contributed by atoms with Crippen molar-refractivity contribution in [2.45, 2.75) is 33.1 Å². The van der Waals surface area contributed by atoms with Crippen LogP contribution in [0.25, 0.3) is 11.4 Å². The minimum atomic E-state index is -0.353. The van der Waals surface area contributed by atoms with Crippen LogP contribution in [0.15, 0.2) is 22.7 Å². The van der Waals surface area contributed by atoms with Crippen LogP contribution in [0.4, 0.5) is 4.39 Å². The zero-order chi connectivity index (χ0) is 13.8. The summed E-state index contributed by atoms with van der Waals surface area (Å²) in [5.74, 6) is 0.302. The normalized spacial score (nSPS) is 10.7. The van der Waals surface area contributed by atoms with E-state index in [2.05, 4.69) is 10.1 Å². The predicted molar refractivity (Wildman–Crippen MR) is 68.0 cm³/mol. The Morgan fingerprint density at radius 1 is 1.42 bits per heavy atom. The van der Waals surface area contributed by atoms with Gasteiger partial charge in [-0.05, 0) is 31.0 Å². The summed E-state index contributed by atoms with van der Waals surface area (Å²) in [6.45, 7) is 3.78. The molecule has 0 bridgehead atoms. The van der Waals surface area contributed by atoms with Crippen LogP contribution in [-0.4, -0.2) is 15.9 Å². The molecule has 0 aliphatic heterocycles. The van der Waals surface area contributed by atoms with Gasteiger partial charge in [0, 0.05) is 12.0 Å². The van der Waals surface area contributed by atoms with Crippen LogP contribution in [0, 0.1) is 12.7 Å². The largest absolute Gasteiger partial charge is 0.339 e. The third-order valence-corrected chi connectivity index (χ3v) is 2.79. The van der Waals surface area contributed by atoms with Crippen molar-refractivity contribution in [3.8, 4) is 11.4 Å². The van der Waals surface area contributed by atoms with Crippen LogP contribution >= 0.6 is 0 Å². The summed E-state index contributed by atoms with van der Waals surface area (Å²) in [6.07, 6.45) is 1.43. The Morgan fingerprint density at radius 2 is 2.21 bits per heavy atom. The number of Topliss-reactive ketones (excluding diaryl/α,β-unsaturated/α-hetero) is 1. The van der Waals surface area contributed by atoms with Crippen LogP contribution in [0.1, 0.15) is 31.2 Å². The first-order chi connectivity index (χ1) is 9.10. The molecule has 4 nitrogen and oxygen atoms in total. The first kappa shape index (κ1) is 13.4. The molecule has 0 spiro atoms. The molecule has 0 aliphatic carbocycles. The molecule has 2 aromatic rings. The highest BCUT2D eigenvalue weighted by Crippen LogP contribution is 2.21. The van der Waals surface area contributed by atoms with Gasteiger partial charge in [0.15, 0.2) is 0 Å². The van der Waals surface area contributed by atoms with Gasteiger partial charge in [0.25, 0.3) is 0 Å². The molecule has 5 heteroatoms. The molecule has 0 radical (unpaired) electrons. The highest BCUT2D eigenvalue weighted by molar-refractivity contribution is 5.79. The Morgan fingerprint density at radius 3 is 2.95 bits per heavy atom. The summed E-state index contributed by atoms with van der Waals surface area (Å²) in [4.78, 5) is 15.6. The van der Waals surface area contributed by atoms with E-state index in [0.29, 0.717) is 17.8 Å².